The summed E-state index contributed by atoms with van der Waals surface area (Å²) in [4.78, 5) is 2.34. The van der Waals surface area contributed by atoms with Crippen LogP contribution < -0.4 is 4.74 Å². The van der Waals surface area contributed by atoms with Crippen molar-refractivity contribution in [3.63, 3.8) is 0 Å². The maximum absolute atomic E-state index is 10.8. The number of rotatable bonds is 5. The van der Waals surface area contributed by atoms with Crippen LogP contribution in [0.2, 0.25) is 0 Å². The van der Waals surface area contributed by atoms with E-state index in [2.05, 4.69) is 11.0 Å². The highest BCUT2D eigenvalue weighted by Crippen LogP contribution is 2.46. The Hall–Kier alpha value is -1.51. The average Bonchev–Trinajstić information content (AvgIpc) is 2.54. The quantitative estimate of drug-likeness (QED) is 0.842. The maximum atomic E-state index is 10.8. The fraction of sp³-hybridized carbons (Fsp3) is 0.588. The molecule has 3 heterocycles. The minimum Gasteiger partial charge on any atom is -0.492 e. The lowest BCUT2D eigenvalue weighted by atomic mass is 9.64. The molecule has 1 aromatic rings. The smallest absolute Gasteiger partial charge is 0.119 e. The van der Waals surface area contributed by atoms with Crippen molar-refractivity contribution in [1.82, 2.24) is 4.90 Å². The number of hydrogen-bond acceptors (Lipinski definition) is 4. The van der Waals surface area contributed by atoms with Gasteiger partial charge in [0, 0.05) is 20.2 Å². The Bertz CT molecular complexity index is 509. The Balaban J connectivity index is 0.00000176. The van der Waals surface area contributed by atoms with Crippen LogP contribution in [0.4, 0.5) is 0 Å². The molecule has 1 aromatic carbocycles. The van der Waals surface area contributed by atoms with E-state index in [1.54, 1.807) is 0 Å². The number of piperidine rings is 3. The van der Waals surface area contributed by atoms with E-state index in [1.807, 2.05) is 30.3 Å². The van der Waals surface area contributed by atoms with Crippen molar-refractivity contribution in [1.29, 1.82) is 5.26 Å². The summed E-state index contributed by atoms with van der Waals surface area (Å²) in [6, 6.07) is 12.0. The number of nitriles is 1. The lowest BCUT2D eigenvalue weighted by Gasteiger charge is -2.56. The van der Waals surface area contributed by atoms with E-state index < -0.39 is 6.10 Å². The van der Waals surface area contributed by atoms with Crippen molar-refractivity contribution in [2.24, 2.45) is 5.41 Å². The van der Waals surface area contributed by atoms with Gasteiger partial charge in [-0.2, -0.15) is 5.26 Å². The van der Waals surface area contributed by atoms with Crippen molar-refractivity contribution in [2.75, 3.05) is 19.7 Å². The maximum Gasteiger partial charge on any atom is 0.119 e. The normalized spacial score (nSPS) is 32.8. The number of aliphatic hydroxyl groups is 1. The van der Waals surface area contributed by atoms with E-state index in [9.17, 15) is 5.11 Å². The van der Waals surface area contributed by atoms with Gasteiger partial charge < -0.3 is 9.84 Å². The zero-order valence-electron chi connectivity index (χ0n) is 12.8. The molecule has 3 aliphatic rings. The summed E-state index contributed by atoms with van der Waals surface area (Å²) >= 11 is 0. The average molecular weight is 297 g/mol. The highest BCUT2D eigenvalue weighted by molar-refractivity contribution is 5.75. The predicted octanol–water partition coefficient (Wildman–Crippen LogP) is 1.81. The van der Waals surface area contributed by atoms with Crippen LogP contribution in [0.3, 0.4) is 0 Å². The number of nitrogens with zero attached hydrogens (tertiary/aromatic N) is 2. The molecule has 3 aliphatic heterocycles. The lowest BCUT2D eigenvalue weighted by molar-refractivity contribution is -0.144. The van der Waals surface area contributed by atoms with Crippen LogP contribution in [0, 0.1) is 16.7 Å². The lowest BCUT2D eigenvalue weighted by Crippen LogP contribution is -2.65. The van der Waals surface area contributed by atoms with Gasteiger partial charge in [-0.25, -0.2) is 0 Å². The molecule has 4 nitrogen and oxygen atoms in total. The van der Waals surface area contributed by atoms with E-state index in [4.69, 9.17) is 10.00 Å². The molecule has 3 radical (unpaired) electrons. The van der Waals surface area contributed by atoms with Gasteiger partial charge in [-0.05, 0) is 44.5 Å². The third kappa shape index (κ3) is 3.13. The van der Waals surface area contributed by atoms with Crippen molar-refractivity contribution in [2.45, 2.75) is 37.8 Å². The number of aliphatic hydroxyl groups excluding tert-OH is 1. The topological polar surface area (TPSA) is 56.5 Å². The fourth-order valence-corrected chi connectivity index (χ4v) is 3.80. The molecule has 3 saturated heterocycles. The van der Waals surface area contributed by atoms with Gasteiger partial charge >= 0.3 is 0 Å². The van der Waals surface area contributed by atoms with Crippen molar-refractivity contribution >= 4 is 8.41 Å². The Morgan fingerprint density at radius 2 is 1.95 bits per heavy atom. The number of fused-ring (bicyclic) bond motifs is 3. The van der Waals surface area contributed by atoms with Gasteiger partial charge in [0.25, 0.3) is 0 Å². The van der Waals surface area contributed by atoms with Crippen LogP contribution in [-0.4, -0.2) is 50.3 Å². The molecule has 0 aromatic heterocycles. The summed E-state index contributed by atoms with van der Waals surface area (Å²) in [5.74, 6) is 0.846. The zero-order valence-corrected chi connectivity index (χ0v) is 12.8. The molecule has 0 amide bonds. The molecule has 3 fully saturated rings. The molecule has 2 atom stereocenters. The Labute approximate surface area is 134 Å². The SMILES string of the molecule is N#CCCC12CCN(CC1)C(COc1ccccc1)C2O.[B]. The van der Waals surface area contributed by atoms with Crippen LogP contribution in [-0.2, 0) is 0 Å². The fourth-order valence-electron chi connectivity index (χ4n) is 3.80. The van der Waals surface area contributed by atoms with Gasteiger partial charge in [0.1, 0.15) is 12.4 Å². The minimum atomic E-state index is -0.392. The van der Waals surface area contributed by atoms with E-state index in [-0.39, 0.29) is 19.9 Å². The second-order valence-corrected chi connectivity index (χ2v) is 6.19. The number of hydrogen-bond donors (Lipinski definition) is 1. The van der Waals surface area contributed by atoms with Crippen LogP contribution in [0.25, 0.3) is 0 Å². The van der Waals surface area contributed by atoms with Crippen molar-refractivity contribution in [3.8, 4) is 11.8 Å². The first-order valence-corrected chi connectivity index (χ1v) is 7.72. The standard InChI is InChI=1S/C17H22N2O2.B/c18-10-4-7-17-8-11-19(12-9-17)15(16(17)20)13-21-14-5-2-1-3-6-14;/h1-3,5-6,15-16,20H,4,7-9,11-13H2;. The van der Waals surface area contributed by atoms with Crippen molar-refractivity contribution in [3.05, 3.63) is 30.3 Å². The Morgan fingerprint density at radius 1 is 1.27 bits per heavy atom. The summed E-state index contributed by atoms with van der Waals surface area (Å²) in [6.07, 6.45) is 2.94. The molecule has 0 aliphatic carbocycles. The molecule has 2 bridgehead atoms. The summed E-state index contributed by atoms with van der Waals surface area (Å²) in [6.45, 7) is 2.52. The summed E-state index contributed by atoms with van der Waals surface area (Å²) in [5.41, 5.74) is -0.0742. The number of benzene rings is 1. The van der Waals surface area contributed by atoms with Gasteiger partial charge in [0.15, 0.2) is 0 Å². The van der Waals surface area contributed by atoms with Crippen LogP contribution >= 0.6 is 0 Å². The molecule has 0 saturated carbocycles. The molecular weight excluding hydrogens is 275 g/mol. The first-order chi connectivity index (χ1) is 10.2. The molecule has 5 heteroatoms. The highest BCUT2D eigenvalue weighted by Gasteiger charge is 2.51. The molecule has 4 rings (SSSR count). The summed E-state index contributed by atoms with van der Waals surface area (Å²) in [5, 5.41) is 19.6. The Kier molecular flexibility index (Phi) is 5.49. The van der Waals surface area contributed by atoms with Crippen LogP contribution in [0.1, 0.15) is 25.7 Å². The van der Waals surface area contributed by atoms with Gasteiger partial charge in [-0.1, -0.05) is 18.2 Å². The van der Waals surface area contributed by atoms with Crippen LogP contribution in [0.5, 0.6) is 5.75 Å². The van der Waals surface area contributed by atoms with Gasteiger partial charge in [0.2, 0.25) is 0 Å². The van der Waals surface area contributed by atoms with Gasteiger partial charge in [-0.15, -0.1) is 0 Å². The highest BCUT2D eigenvalue weighted by atomic mass is 16.5. The van der Waals surface area contributed by atoms with Gasteiger partial charge in [0.05, 0.1) is 18.2 Å². The van der Waals surface area contributed by atoms with E-state index in [0.717, 1.165) is 38.1 Å². The van der Waals surface area contributed by atoms with Crippen LogP contribution in [0.15, 0.2) is 30.3 Å². The third-order valence-corrected chi connectivity index (χ3v) is 5.15. The van der Waals surface area contributed by atoms with E-state index in [1.165, 1.54) is 0 Å². The second-order valence-electron chi connectivity index (χ2n) is 6.19. The first kappa shape index (κ1) is 16.9. The van der Waals surface area contributed by atoms with E-state index in [0.29, 0.717) is 13.0 Å². The summed E-state index contributed by atoms with van der Waals surface area (Å²) < 4.78 is 5.85. The second kappa shape index (κ2) is 7.17. The third-order valence-electron chi connectivity index (χ3n) is 5.15. The molecule has 22 heavy (non-hydrogen) atoms. The van der Waals surface area contributed by atoms with Gasteiger partial charge in [-0.3, -0.25) is 4.90 Å². The predicted molar refractivity (Wildman–Crippen MR) is 85.6 cm³/mol. The molecule has 0 spiro atoms. The molecular formula is C17H22BN2O2. The van der Waals surface area contributed by atoms with Crippen molar-refractivity contribution < 1.29 is 9.84 Å². The molecule has 115 valence electrons. The minimum absolute atomic E-state index is 0. The summed E-state index contributed by atoms with van der Waals surface area (Å²) in [7, 11) is 0. The first-order valence-electron chi connectivity index (χ1n) is 7.72. The number of para-hydroxylation sites is 1. The zero-order chi connectivity index (χ0) is 14.7. The monoisotopic (exact) mass is 297 g/mol. The largest absolute Gasteiger partial charge is 0.492 e. The van der Waals surface area contributed by atoms with E-state index >= 15 is 0 Å². The number of ether oxygens (including phenoxy) is 1. The molecule has 1 N–H and O–H groups in total. The Morgan fingerprint density at radius 3 is 2.59 bits per heavy atom. The molecule has 2 unspecified atom stereocenters.